The fraction of sp³-hybridized carbons (Fsp3) is 0.350. The molecule has 0 aliphatic heterocycles. The van der Waals surface area contributed by atoms with Crippen molar-refractivity contribution in [1.82, 2.24) is 15.5 Å². The van der Waals surface area contributed by atoms with Crippen LogP contribution < -0.4 is 10.6 Å². The van der Waals surface area contributed by atoms with Crippen LogP contribution in [-0.4, -0.2) is 31.5 Å². The summed E-state index contributed by atoms with van der Waals surface area (Å²) in [5.41, 5.74) is 1.69. The van der Waals surface area contributed by atoms with Crippen molar-refractivity contribution in [1.29, 1.82) is 0 Å². The highest BCUT2D eigenvalue weighted by atomic mass is 127. The number of benzene rings is 2. The Bertz CT molecular complexity index is 797. The smallest absolute Gasteiger partial charge is 0.191 e. The lowest BCUT2D eigenvalue weighted by atomic mass is 10.1. The monoisotopic (exact) mass is 506 g/mol. The fourth-order valence-electron chi connectivity index (χ4n) is 2.56. The molecule has 154 valence electrons. The fourth-order valence-corrected chi connectivity index (χ4v) is 2.56. The van der Waals surface area contributed by atoms with Gasteiger partial charge in [-0.25, -0.2) is 18.2 Å². The molecule has 0 aliphatic rings. The highest BCUT2D eigenvalue weighted by molar-refractivity contribution is 14.0. The number of nitrogens with zero attached hydrogens (tertiary/aromatic N) is 2. The van der Waals surface area contributed by atoms with Crippen LogP contribution >= 0.6 is 24.0 Å². The van der Waals surface area contributed by atoms with Gasteiger partial charge >= 0.3 is 0 Å². The van der Waals surface area contributed by atoms with Crippen molar-refractivity contribution in [3.8, 4) is 0 Å². The summed E-state index contributed by atoms with van der Waals surface area (Å²) in [4.78, 5) is 6.34. The molecule has 28 heavy (non-hydrogen) atoms. The van der Waals surface area contributed by atoms with Gasteiger partial charge in [-0.1, -0.05) is 6.07 Å². The van der Waals surface area contributed by atoms with Crippen molar-refractivity contribution in [2.45, 2.75) is 26.6 Å². The van der Waals surface area contributed by atoms with E-state index in [1.54, 1.807) is 12.1 Å². The molecule has 0 fully saturated rings. The molecule has 2 N–H and O–H groups in total. The summed E-state index contributed by atoms with van der Waals surface area (Å²) in [6, 6.07) is 8.24. The van der Waals surface area contributed by atoms with E-state index in [4.69, 9.17) is 0 Å². The summed E-state index contributed by atoms with van der Waals surface area (Å²) >= 11 is 0. The Balaban J connectivity index is 0.00000392. The second-order valence-corrected chi connectivity index (χ2v) is 6.45. The van der Waals surface area contributed by atoms with Crippen molar-refractivity contribution in [3.63, 3.8) is 0 Å². The summed E-state index contributed by atoms with van der Waals surface area (Å²) in [6.45, 7) is 3.47. The van der Waals surface area contributed by atoms with E-state index in [-0.39, 0.29) is 41.9 Å². The summed E-state index contributed by atoms with van der Waals surface area (Å²) in [5.74, 6) is -0.746. The van der Waals surface area contributed by atoms with Crippen molar-refractivity contribution in [3.05, 3.63) is 70.5 Å². The minimum absolute atomic E-state index is 0. The molecule has 0 atom stereocenters. The van der Waals surface area contributed by atoms with Crippen LogP contribution in [0.25, 0.3) is 0 Å². The molecule has 2 aromatic carbocycles. The minimum atomic E-state index is -0.491. The maximum absolute atomic E-state index is 13.9. The molecule has 0 heterocycles. The highest BCUT2D eigenvalue weighted by Crippen LogP contribution is 2.13. The Morgan fingerprint density at radius 1 is 0.964 bits per heavy atom. The molecule has 2 rings (SSSR count). The summed E-state index contributed by atoms with van der Waals surface area (Å²) in [5, 5.41) is 6.04. The molecule has 0 bridgehead atoms. The normalized spacial score (nSPS) is 11.3. The molecule has 0 amide bonds. The number of halogens is 4. The number of nitrogens with one attached hydrogen (secondary N) is 2. The Morgan fingerprint density at radius 2 is 1.64 bits per heavy atom. The number of guanidine groups is 1. The molecule has 0 unspecified atom stereocenters. The van der Waals surface area contributed by atoms with Crippen molar-refractivity contribution in [2.24, 2.45) is 4.99 Å². The summed E-state index contributed by atoms with van der Waals surface area (Å²) < 4.78 is 40.9. The maximum Gasteiger partial charge on any atom is 0.191 e. The topological polar surface area (TPSA) is 39.7 Å². The third-order valence-electron chi connectivity index (χ3n) is 3.81. The van der Waals surface area contributed by atoms with Crippen LogP contribution in [-0.2, 0) is 19.6 Å². The Kier molecular flexibility index (Phi) is 10.3. The third-order valence-corrected chi connectivity index (χ3v) is 3.81. The van der Waals surface area contributed by atoms with E-state index in [1.807, 2.05) is 25.9 Å². The van der Waals surface area contributed by atoms with Crippen molar-refractivity contribution in [2.75, 3.05) is 20.6 Å². The lowest BCUT2D eigenvalue weighted by molar-refractivity contribution is 0.392. The predicted octanol–water partition coefficient (Wildman–Crippen LogP) is 4.04. The van der Waals surface area contributed by atoms with Gasteiger partial charge in [-0.3, -0.25) is 0 Å². The third kappa shape index (κ3) is 7.67. The molecule has 0 spiro atoms. The first kappa shape index (κ1) is 24.2. The standard InChI is InChI=1S/C20H25F3N4.HI/c1-4-24-20(26-12-15-10-17(21)6-8-18(15)22)25-11-14-5-7-19(23)16(9-14)13-27(2)3;/h5-10H,4,11-13H2,1-3H3,(H2,24,25,26);1H. The molecule has 0 saturated heterocycles. The molecule has 0 radical (unpaired) electrons. The van der Waals surface area contributed by atoms with E-state index >= 15 is 0 Å². The van der Waals surface area contributed by atoms with Gasteiger partial charge in [-0.05, 0) is 56.9 Å². The second-order valence-electron chi connectivity index (χ2n) is 6.45. The van der Waals surface area contributed by atoms with Gasteiger partial charge in [-0.15, -0.1) is 24.0 Å². The van der Waals surface area contributed by atoms with Crippen LogP contribution in [0.5, 0.6) is 0 Å². The minimum Gasteiger partial charge on any atom is -0.357 e. The van der Waals surface area contributed by atoms with Gasteiger partial charge in [0.25, 0.3) is 0 Å². The van der Waals surface area contributed by atoms with E-state index in [1.165, 1.54) is 6.07 Å². The molecular formula is C20H26F3IN4. The van der Waals surface area contributed by atoms with E-state index in [0.717, 1.165) is 23.8 Å². The lowest BCUT2D eigenvalue weighted by Crippen LogP contribution is -2.37. The molecule has 0 saturated carbocycles. The van der Waals surface area contributed by atoms with Gasteiger partial charge in [0.05, 0.1) is 6.54 Å². The predicted molar refractivity (Wildman–Crippen MR) is 117 cm³/mol. The summed E-state index contributed by atoms with van der Waals surface area (Å²) in [6.07, 6.45) is 0. The first-order valence-electron chi connectivity index (χ1n) is 8.77. The van der Waals surface area contributed by atoms with Gasteiger partial charge in [0, 0.05) is 30.8 Å². The Labute approximate surface area is 181 Å². The van der Waals surface area contributed by atoms with Crippen LogP contribution in [0.1, 0.15) is 23.6 Å². The number of hydrogen-bond donors (Lipinski definition) is 2. The van der Waals surface area contributed by atoms with E-state index in [0.29, 0.717) is 31.2 Å². The lowest BCUT2D eigenvalue weighted by Gasteiger charge is -2.13. The summed E-state index contributed by atoms with van der Waals surface area (Å²) in [7, 11) is 3.76. The Hall–Kier alpha value is -1.81. The second kappa shape index (κ2) is 11.9. The SMILES string of the molecule is CCNC(=NCc1ccc(F)c(CN(C)C)c1)NCc1cc(F)ccc1F.I. The molecule has 2 aromatic rings. The molecule has 8 heteroatoms. The zero-order chi connectivity index (χ0) is 19.8. The zero-order valence-electron chi connectivity index (χ0n) is 16.2. The van der Waals surface area contributed by atoms with Gasteiger partial charge < -0.3 is 15.5 Å². The van der Waals surface area contributed by atoms with E-state index in [9.17, 15) is 13.2 Å². The van der Waals surface area contributed by atoms with Crippen molar-refractivity contribution < 1.29 is 13.2 Å². The van der Waals surface area contributed by atoms with Gasteiger partial charge in [0.2, 0.25) is 0 Å². The van der Waals surface area contributed by atoms with Crippen molar-refractivity contribution >= 4 is 29.9 Å². The van der Waals surface area contributed by atoms with Crippen LogP contribution in [0.2, 0.25) is 0 Å². The van der Waals surface area contributed by atoms with E-state index in [2.05, 4.69) is 15.6 Å². The average molecular weight is 506 g/mol. The van der Waals surface area contributed by atoms with Crippen LogP contribution in [0, 0.1) is 17.5 Å². The van der Waals surface area contributed by atoms with Gasteiger partial charge in [0.15, 0.2) is 5.96 Å². The van der Waals surface area contributed by atoms with Crippen LogP contribution in [0.4, 0.5) is 13.2 Å². The highest BCUT2D eigenvalue weighted by Gasteiger charge is 2.07. The Morgan fingerprint density at radius 3 is 2.32 bits per heavy atom. The number of rotatable bonds is 7. The molecule has 0 aliphatic carbocycles. The molecular weight excluding hydrogens is 480 g/mol. The van der Waals surface area contributed by atoms with E-state index < -0.39 is 11.6 Å². The molecule has 0 aromatic heterocycles. The average Bonchev–Trinajstić information content (AvgIpc) is 2.62. The van der Waals surface area contributed by atoms with Crippen LogP contribution in [0.15, 0.2) is 41.4 Å². The maximum atomic E-state index is 13.9. The molecule has 4 nitrogen and oxygen atoms in total. The number of hydrogen-bond acceptors (Lipinski definition) is 2. The quantitative estimate of drug-likeness (QED) is 0.339. The largest absolute Gasteiger partial charge is 0.357 e. The van der Waals surface area contributed by atoms with Gasteiger partial charge in [-0.2, -0.15) is 0 Å². The van der Waals surface area contributed by atoms with Gasteiger partial charge in [0.1, 0.15) is 17.5 Å². The number of aliphatic imine (C=N–C) groups is 1. The zero-order valence-corrected chi connectivity index (χ0v) is 18.6. The van der Waals surface area contributed by atoms with Crippen LogP contribution in [0.3, 0.4) is 0 Å². The first-order valence-corrected chi connectivity index (χ1v) is 8.77. The first-order chi connectivity index (χ1) is 12.9.